The number of thiophene rings is 1. The van der Waals surface area contributed by atoms with Gasteiger partial charge in [-0.3, -0.25) is 4.79 Å². The largest absolute Gasteiger partial charge is 0.462 e. The van der Waals surface area contributed by atoms with Crippen LogP contribution in [-0.2, 0) is 9.53 Å². The van der Waals surface area contributed by atoms with Crippen LogP contribution in [0.5, 0.6) is 0 Å². The van der Waals surface area contributed by atoms with E-state index in [9.17, 15) is 9.59 Å². The molecule has 5 nitrogen and oxygen atoms in total. The molecule has 1 saturated heterocycles. The van der Waals surface area contributed by atoms with E-state index < -0.39 is 0 Å². The molecule has 1 aromatic rings. The number of rotatable bonds is 5. The summed E-state index contributed by atoms with van der Waals surface area (Å²) in [5.41, 5.74) is 1.60. The summed E-state index contributed by atoms with van der Waals surface area (Å²) < 4.78 is 5.15. The summed E-state index contributed by atoms with van der Waals surface area (Å²) in [5.74, 6) is 0.0773. The van der Waals surface area contributed by atoms with E-state index in [0.717, 1.165) is 37.8 Å². The lowest BCUT2D eigenvalue weighted by Gasteiger charge is -2.12. The highest BCUT2D eigenvalue weighted by molar-refractivity contribution is 7.15. The molecule has 114 valence electrons. The van der Waals surface area contributed by atoms with Crippen molar-refractivity contribution in [2.24, 2.45) is 0 Å². The maximum absolute atomic E-state index is 12.2. The quantitative estimate of drug-likeness (QED) is 0.820. The monoisotopic (exact) mass is 308 g/mol. The first-order valence-corrected chi connectivity index (χ1v) is 8.41. The molecule has 1 saturated carbocycles. The Morgan fingerprint density at radius 1 is 1.43 bits per heavy atom. The van der Waals surface area contributed by atoms with Gasteiger partial charge >= 0.3 is 5.97 Å². The van der Waals surface area contributed by atoms with E-state index in [-0.39, 0.29) is 17.9 Å². The molecule has 3 rings (SSSR count). The Morgan fingerprint density at radius 3 is 2.86 bits per heavy atom. The van der Waals surface area contributed by atoms with Crippen molar-refractivity contribution in [3.8, 4) is 0 Å². The second-order valence-electron chi connectivity index (χ2n) is 5.53. The Balaban J connectivity index is 1.80. The number of carbonyl (C=O) groups is 2. The molecule has 2 heterocycles. The average molecular weight is 308 g/mol. The number of carbonyl (C=O) groups excluding carboxylic acids is 2. The van der Waals surface area contributed by atoms with Gasteiger partial charge in [-0.25, -0.2) is 4.79 Å². The summed E-state index contributed by atoms with van der Waals surface area (Å²) in [6, 6.07) is -0.147. The van der Waals surface area contributed by atoms with Crippen LogP contribution in [0, 0.1) is 0 Å². The van der Waals surface area contributed by atoms with Crippen molar-refractivity contribution < 1.29 is 14.3 Å². The zero-order valence-electron chi connectivity index (χ0n) is 12.1. The second-order valence-corrected chi connectivity index (χ2v) is 6.41. The molecule has 0 unspecified atom stereocenters. The Labute approximate surface area is 128 Å². The van der Waals surface area contributed by atoms with Gasteiger partial charge in [-0.1, -0.05) is 0 Å². The lowest BCUT2D eigenvalue weighted by molar-refractivity contribution is -0.117. The van der Waals surface area contributed by atoms with Gasteiger partial charge in [0, 0.05) is 0 Å². The van der Waals surface area contributed by atoms with Crippen molar-refractivity contribution in [2.45, 2.75) is 44.6 Å². The van der Waals surface area contributed by atoms with Crippen LogP contribution >= 0.6 is 11.3 Å². The fraction of sp³-hybridized carbons (Fsp3) is 0.600. The number of esters is 1. The highest BCUT2D eigenvalue weighted by Crippen LogP contribution is 2.46. The summed E-state index contributed by atoms with van der Waals surface area (Å²) in [5, 5.41) is 8.70. The molecule has 0 spiro atoms. The van der Waals surface area contributed by atoms with Gasteiger partial charge in [-0.05, 0) is 56.0 Å². The molecule has 2 aliphatic rings. The van der Waals surface area contributed by atoms with Crippen LogP contribution in [0.15, 0.2) is 5.38 Å². The van der Waals surface area contributed by atoms with Crippen LogP contribution in [0.3, 0.4) is 0 Å². The van der Waals surface area contributed by atoms with Crippen molar-refractivity contribution in [2.75, 3.05) is 18.5 Å². The second kappa shape index (κ2) is 6.15. The number of nitrogens with one attached hydrogen (secondary N) is 2. The molecule has 6 heteroatoms. The Hall–Kier alpha value is -1.40. The summed E-state index contributed by atoms with van der Waals surface area (Å²) in [6.45, 7) is 3.01. The standard InChI is InChI=1S/C15H20N2O3S/c1-2-20-15(19)12-10(9-5-6-9)8-21-14(12)17-13(18)11-4-3-7-16-11/h8-9,11,16H,2-7H2,1H3,(H,17,18)/t11-/m1/s1. The van der Waals surface area contributed by atoms with Gasteiger partial charge in [0.05, 0.1) is 18.2 Å². The van der Waals surface area contributed by atoms with Crippen molar-refractivity contribution in [3.63, 3.8) is 0 Å². The molecule has 0 radical (unpaired) electrons. The minimum Gasteiger partial charge on any atom is -0.462 e. The van der Waals surface area contributed by atoms with Crippen LogP contribution in [-0.4, -0.2) is 31.1 Å². The zero-order valence-corrected chi connectivity index (χ0v) is 12.9. The van der Waals surface area contributed by atoms with E-state index in [1.54, 1.807) is 6.92 Å². The van der Waals surface area contributed by atoms with Gasteiger partial charge in [-0.15, -0.1) is 11.3 Å². The molecule has 2 fully saturated rings. The maximum Gasteiger partial charge on any atom is 0.341 e. The van der Waals surface area contributed by atoms with Crippen LogP contribution in [0.25, 0.3) is 0 Å². The van der Waals surface area contributed by atoms with Crippen molar-refractivity contribution >= 4 is 28.2 Å². The first-order chi connectivity index (χ1) is 10.2. The highest BCUT2D eigenvalue weighted by atomic mass is 32.1. The van der Waals surface area contributed by atoms with Gasteiger partial charge < -0.3 is 15.4 Å². The number of amides is 1. The Morgan fingerprint density at radius 2 is 2.24 bits per heavy atom. The maximum atomic E-state index is 12.2. The SMILES string of the molecule is CCOC(=O)c1c(C2CC2)csc1NC(=O)[C@H]1CCCN1. The predicted molar refractivity (Wildman–Crippen MR) is 81.9 cm³/mol. The van der Waals surface area contributed by atoms with Crippen LogP contribution < -0.4 is 10.6 Å². The minimum atomic E-state index is -0.324. The van der Waals surface area contributed by atoms with Crippen molar-refractivity contribution in [1.82, 2.24) is 5.32 Å². The molecular weight excluding hydrogens is 288 g/mol. The Kier molecular flexibility index (Phi) is 4.26. The molecule has 2 N–H and O–H groups in total. The van der Waals surface area contributed by atoms with Gasteiger partial charge in [0.2, 0.25) is 5.91 Å². The third-order valence-corrected chi connectivity index (χ3v) is 4.84. The lowest BCUT2D eigenvalue weighted by atomic mass is 10.1. The van der Waals surface area contributed by atoms with E-state index in [4.69, 9.17) is 4.74 Å². The molecule has 0 aromatic carbocycles. The van der Waals surface area contributed by atoms with E-state index in [1.807, 2.05) is 5.38 Å². The smallest absolute Gasteiger partial charge is 0.341 e. The van der Waals surface area contributed by atoms with Gasteiger partial charge in [0.25, 0.3) is 0 Å². The van der Waals surface area contributed by atoms with Crippen LogP contribution in [0.1, 0.15) is 54.4 Å². The molecule has 1 aromatic heterocycles. The minimum absolute atomic E-state index is 0.0535. The average Bonchev–Trinajstić information content (AvgIpc) is 3.01. The normalized spacial score (nSPS) is 21.3. The number of hydrogen-bond donors (Lipinski definition) is 2. The van der Waals surface area contributed by atoms with Crippen LogP contribution in [0.2, 0.25) is 0 Å². The van der Waals surface area contributed by atoms with Crippen molar-refractivity contribution in [1.29, 1.82) is 0 Å². The summed E-state index contributed by atoms with van der Waals surface area (Å²) in [7, 11) is 0. The molecule has 1 amide bonds. The number of hydrogen-bond acceptors (Lipinski definition) is 5. The fourth-order valence-electron chi connectivity index (χ4n) is 2.68. The Bertz CT molecular complexity index is 545. The van der Waals surface area contributed by atoms with Crippen LogP contribution in [0.4, 0.5) is 5.00 Å². The topological polar surface area (TPSA) is 67.4 Å². The summed E-state index contributed by atoms with van der Waals surface area (Å²) in [4.78, 5) is 24.4. The number of ether oxygens (including phenoxy) is 1. The molecule has 1 aliphatic heterocycles. The predicted octanol–water partition coefficient (Wildman–Crippen LogP) is 2.49. The summed E-state index contributed by atoms with van der Waals surface area (Å²) >= 11 is 1.43. The lowest BCUT2D eigenvalue weighted by Crippen LogP contribution is -2.35. The number of anilines is 1. The third-order valence-electron chi connectivity index (χ3n) is 3.93. The van der Waals surface area contributed by atoms with Crippen molar-refractivity contribution in [3.05, 3.63) is 16.5 Å². The molecule has 21 heavy (non-hydrogen) atoms. The van der Waals surface area contributed by atoms with Gasteiger partial charge in [0.1, 0.15) is 5.00 Å². The third kappa shape index (κ3) is 3.11. The molecule has 1 atom stereocenters. The fourth-order valence-corrected chi connectivity index (χ4v) is 3.71. The summed E-state index contributed by atoms with van der Waals surface area (Å²) in [6.07, 6.45) is 4.09. The first-order valence-electron chi connectivity index (χ1n) is 7.53. The van der Waals surface area contributed by atoms with Gasteiger partial charge in [0.15, 0.2) is 0 Å². The zero-order chi connectivity index (χ0) is 14.8. The van der Waals surface area contributed by atoms with E-state index in [2.05, 4.69) is 10.6 Å². The molecule has 1 aliphatic carbocycles. The first kappa shape index (κ1) is 14.5. The molecular formula is C15H20N2O3S. The van der Waals surface area contributed by atoms with E-state index in [0.29, 0.717) is 23.1 Å². The highest BCUT2D eigenvalue weighted by Gasteiger charge is 2.33. The van der Waals surface area contributed by atoms with Gasteiger partial charge in [-0.2, -0.15) is 0 Å². The van der Waals surface area contributed by atoms with E-state index >= 15 is 0 Å². The molecule has 0 bridgehead atoms. The van der Waals surface area contributed by atoms with E-state index in [1.165, 1.54) is 11.3 Å².